The van der Waals surface area contributed by atoms with E-state index in [1.807, 2.05) is 0 Å². The highest BCUT2D eigenvalue weighted by atomic mass is 35.5. The van der Waals surface area contributed by atoms with E-state index >= 15 is 0 Å². The molecule has 1 fully saturated rings. The predicted octanol–water partition coefficient (Wildman–Crippen LogP) is 4.40. The van der Waals surface area contributed by atoms with Gasteiger partial charge in [-0.05, 0) is 35.9 Å². The zero-order valence-electron chi connectivity index (χ0n) is 10.7. The molecule has 2 aromatic carbocycles. The molecule has 3 rings (SSSR count). The monoisotopic (exact) mass is 325 g/mol. The van der Waals surface area contributed by atoms with Crippen LogP contribution in [0.3, 0.4) is 0 Å². The zero-order chi connectivity index (χ0) is 15.0. The van der Waals surface area contributed by atoms with Crippen LogP contribution in [0.5, 0.6) is 0 Å². The van der Waals surface area contributed by atoms with E-state index in [1.165, 1.54) is 47.0 Å². The number of carbonyl (C=O) groups is 1. The Bertz CT molecular complexity index is 710. The molecule has 0 saturated carbocycles. The molecule has 1 atom stereocenters. The van der Waals surface area contributed by atoms with Gasteiger partial charge in [0.05, 0.1) is 10.8 Å². The van der Waals surface area contributed by atoms with Gasteiger partial charge in [0.25, 0.3) is 0 Å². The Morgan fingerprint density at radius 2 is 2.00 bits per heavy atom. The molecule has 6 heteroatoms. The van der Waals surface area contributed by atoms with Crippen molar-refractivity contribution in [3.8, 4) is 0 Å². The van der Waals surface area contributed by atoms with Crippen molar-refractivity contribution in [2.24, 2.45) is 0 Å². The molecule has 0 aromatic heterocycles. The Balaban J connectivity index is 2.01. The fourth-order valence-electron chi connectivity index (χ4n) is 2.24. The molecule has 0 bridgehead atoms. The average Bonchev–Trinajstić information content (AvgIpc) is 2.84. The third-order valence-electron chi connectivity index (χ3n) is 3.18. The van der Waals surface area contributed by atoms with E-state index in [9.17, 15) is 13.6 Å². The number of hydrogen-bond acceptors (Lipinski definition) is 2. The van der Waals surface area contributed by atoms with Gasteiger partial charge in [-0.1, -0.05) is 23.7 Å². The summed E-state index contributed by atoms with van der Waals surface area (Å²) in [6, 6.07) is 10.2. The molecule has 1 saturated heterocycles. The Morgan fingerprint density at radius 3 is 2.71 bits per heavy atom. The average molecular weight is 326 g/mol. The maximum atomic E-state index is 13.4. The van der Waals surface area contributed by atoms with Crippen molar-refractivity contribution >= 4 is 35.0 Å². The van der Waals surface area contributed by atoms with Crippen molar-refractivity contribution in [2.45, 2.75) is 5.37 Å². The largest absolute Gasteiger partial charge is 0.295 e. The van der Waals surface area contributed by atoms with Gasteiger partial charge in [0, 0.05) is 5.69 Å². The van der Waals surface area contributed by atoms with Gasteiger partial charge in [0.2, 0.25) is 5.91 Å². The Labute approximate surface area is 129 Å². The smallest absolute Gasteiger partial charge is 0.238 e. The molecule has 1 aliphatic heterocycles. The summed E-state index contributed by atoms with van der Waals surface area (Å²) in [6.07, 6.45) is 0. The van der Waals surface area contributed by atoms with Crippen LogP contribution in [0.15, 0.2) is 42.5 Å². The van der Waals surface area contributed by atoms with Gasteiger partial charge in [-0.25, -0.2) is 8.78 Å². The number of thioether (sulfide) groups is 1. The van der Waals surface area contributed by atoms with Gasteiger partial charge in [0.15, 0.2) is 0 Å². The maximum absolute atomic E-state index is 13.4. The van der Waals surface area contributed by atoms with E-state index in [-0.39, 0.29) is 27.9 Å². The fraction of sp³-hybridized carbons (Fsp3) is 0.133. The summed E-state index contributed by atoms with van der Waals surface area (Å²) in [5, 5.41) is -0.384. The number of benzene rings is 2. The molecule has 1 aliphatic rings. The van der Waals surface area contributed by atoms with Gasteiger partial charge in [-0.2, -0.15) is 0 Å². The standard InChI is InChI=1S/C15H10ClF2NOS/c16-12-7-11(4-5-13(12)18)19-14(20)8-21-15(19)9-2-1-3-10(17)6-9/h1-7,15H,8H2/t15-/m0/s1. The van der Waals surface area contributed by atoms with Crippen molar-refractivity contribution in [1.82, 2.24) is 0 Å². The summed E-state index contributed by atoms with van der Waals surface area (Å²) in [4.78, 5) is 13.6. The van der Waals surface area contributed by atoms with Gasteiger partial charge < -0.3 is 0 Å². The SMILES string of the molecule is O=C1CS[C@@H](c2cccc(F)c2)N1c1ccc(F)c(Cl)c1. The minimum Gasteiger partial charge on any atom is -0.295 e. The quantitative estimate of drug-likeness (QED) is 0.816. The molecule has 108 valence electrons. The second-order valence-corrected chi connectivity index (χ2v) is 6.06. The molecule has 1 amide bonds. The van der Waals surface area contributed by atoms with Crippen molar-refractivity contribution in [3.63, 3.8) is 0 Å². The predicted molar refractivity (Wildman–Crippen MR) is 80.5 cm³/mol. The number of halogens is 3. The lowest BCUT2D eigenvalue weighted by Crippen LogP contribution is -2.27. The van der Waals surface area contributed by atoms with Crippen molar-refractivity contribution < 1.29 is 13.6 Å². The van der Waals surface area contributed by atoms with E-state index in [2.05, 4.69) is 0 Å². The molecular formula is C15H10ClF2NOS. The van der Waals surface area contributed by atoms with Crippen LogP contribution in [0.25, 0.3) is 0 Å². The first-order valence-electron chi connectivity index (χ1n) is 6.20. The number of nitrogens with zero attached hydrogens (tertiary/aromatic N) is 1. The highest BCUT2D eigenvalue weighted by Gasteiger charge is 2.34. The van der Waals surface area contributed by atoms with Gasteiger partial charge in [-0.15, -0.1) is 11.8 Å². The van der Waals surface area contributed by atoms with Crippen molar-refractivity contribution in [2.75, 3.05) is 10.7 Å². The lowest BCUT2D eigenvalue weighted by Gasteiger charge is -2.24. The number of amides is 1. The summed E-state index contributed by atoms with van der Waals surface area (Å²) < 4.78 is 26.6. The van der Waals surface area contributed by atoms with E-state index < -0.39 is 5.82 Å². The molecule has 0 radical (unpaired) electrons. The van der Waals surface area contributed by atoms with Crippen LogP contribution in [0.4, 0.5) is 14.5 Å². The van der Waals surface area contributed by atoms with Crippen LogP contribution >= 0.6 is 23.4 Å². The number of anilines is 1. The van der Waals surface area contributed by atoms with Gasteiger partial charge in [-0.3, -0.25) is 9.69 Å². The highest BCUT2D eigenvalue weighted by molar-refractivity contribution is 8.00. The minimum atomic E-state index is -0.540. The lowest BCUT2D eigenvalue weighted by atomic mass is 10.2. The van der Waals surface area contributed by atoms with Gasteiger partial charge >= 0.3 is 0 Å². The van der Waals surface area contributed by atoms with E-state index in [0.717, 1.165) is 0 Å². The van der Waals surface area contributed by atoms with E-state index in [1.54, 1.807) is 12.1 Å². The Hall–Kier alpha value is -1.59. The third-order valence-corrected chi connectivity index (χ3v) is 4.69. The lowest BCUT2D eigenvalue weighted by molar-refractivity contribution is -0.115. The zero-order valence-corrected chi connectivity index (χ0v) is 12.3. The number of hydrogen-bond donors (Lipinski definition) is 0. The second kappa shape index (κ2) is 5.66. The van der Waals surface area contributed by atoms with Crippen LogP contribution in [0.1, 0.15) is 10.9 Å². The molecule has 0 aliphatic carbocycles. The first kappa shape index (κ1) is 14.4. The minimum absolute atomic E-state index is 0.0461. The van der Waals surface area contributed by atoms with Crippen molar-refractivity contribution in [3.05, 3.63) is 64.7 Å². The first-order valence-corrected chi connectivity index (χ1v) is 7.63. The molecule has 1 heterocycles. The molecule has 0 spiro atoms. The summed E-state index contributed by atoms with van der Waals surface area (Å²) in [6.45, 7) is 0. The van der Waals surface area contributed by atoms with Crippen LogP contribution in [0, 0.1) is 11.6 Å². The number of carbonyl (C=O) groups excluding carboxylic acids is 1. The first-order chi connectivity index (χ1) is 10.1. The molecule has 2 nitrogen and oxygen atoms in total. The van der Waals surface area contributed by atoms with Crippen LogP contribution in [-0.2, 0) is 4.79 Å². The number of rotatable bonds is 2. The van der Waals surface area contributed by atoms with Crippen molar-refractivity contribution in [1.29, 1.82) is 0 Å². The van der Waals surface area contributed by atoms with Crippen LogP contribution < -0.4 is 4.90 Å². The normalized spacial score (nSPS) is 18.3. The molecule has 0 unspecified atom stereocenters. The highest BCUT2D eigenvalue weighted by Crippen LogP contribution is 2.42. The summed E-state index contributed by atoms with van der Waals surface area (Å²) >= 11 is 7.18. The molecular weight excluding hydrogens is 316 g/mol. The summed E-state index contributed by atoms with van der Waals surface area (Å²) in [7, 11) is 0. The Morgan fingerprint density at radius 1 is 1.19 bits per heavy atom. The Kier molecular flexibility index (Phi) is 3.87. The topological polar surface area (TPSA) is 20.3 Å². The van der Waals surface area contributed by atoms with Crippen LogP contribution in [-0.4, -0.2) is 11.7 Å². The van der Waals surface area contributed by atoms with Gasteiger partial charge in [0.1, 0.15) is 17.0 Å². The summed E-state index contributed by atoms with van der Waals surface area (Å²) in [5.74, 6) is -0.723. The fourth-order valence-corrected chi connectivity index (χ4v) is 3.59. The maximum Gasteiger partial charge on any atom is 0.238 e. The van der Waals surface area contributed by atoms with Crippen LogP contribution in [0.2, 0.25) is 5.02 Å². The second-order valence-electron chi connectivity index (χ2n) is 4.58. The van der Waals surface area contributed by atoms with E-state index in [4.69, 9.17) is 11.6 Å². The molecule has 2 aromatic rings. The molecule has 0 N–H and O–H groups in total. The summed E-state index contributed by atoms with van der Waals surface area (Å²) in [5.41, 5.74) is 1.19. The molecule has 21 heavy (non-hydrogen) atoms. The van der Waals surface area contributed by atoms with E-state index in [0.29, 0.717) is 11.3 Å². The third kappa shape index (κ3) is 2.76.